The Kier molecular flexibility index (Phi) is 4.99. The average Bonchev–Trinajstić information content (AvgIpc) is 3.02. The predicted molar refractivity (Wildman–Crippen MR) is 82.1 cm³/mol. The molecule has 136 valence electrons. The molecule has 1 fully saturated rings. The number of benzene rings is 1. The number of hydrogen-bond donors (Lipinski definition) is 1. The van der Waals surface area contributed by atoms with Gasteiger partial charge >= 0.3 is 12.1 Å². The Morgan fingerprint density at radius 2 is 1.92 bits per heavy atom. The van der Waals surface area contributed by atoms with E-state index in [0.717, 1.165) is 29.9 Å². The van der Waals surface area contributed by atoms with Crippen molar-refractivity contribution in [2.45, 2.75) is 50.4 Å². The summed E-state index contributed by atoms with van der Waals surface area (Å²) in [6.07, 6.45) is -1.58. The van der Waals surface area contributed by atoms with Crippen LogP contribution < -0.4 is 5.32 Å². The van der Waals surface area contributed by atoms with Gasteiger partial charge in [-0.2, -0.15) is 13.2 Å². The highest BCUT2D eigenvalue weighted by molar-refractivity contribution is 5.83. The van der Waals surface area contributed by atoms with Crippen molar-refractivity contribution in [2.75, 3.05) is 6.54 Å². The maximum Gasteiger partial charge on any atom is 0.492 e. The van der Waals surface area contributed by atoms with Gasteiger partial charge in [-0.25, -0.2) is 4.79 Å². The van der Waals surface area contributed by atoms with E-state index in [9.17, 15) is 22.8 Å². The van der Waals surface area contributed by atoms with Crippen LogP contribution in [0, 0.1) is 0 Å². The number of carbonyl (C=O) groups is 2. The van der Waals surface area contributed by atoms with E-state index in [1.54, 1.807) is 0 Å². The number of alkyl halides is 3. The molecule has 0 bridgehead atoms. The highest BCUT2D eigenvalue weighted by Gasteiger charge is 2.45. The number of hydrogen-bond acceptors (Lipinski definition) is 4. The molecule has 25 heavy (non-hydrogen) atoms. The fourth-order valence-corrected chi connectivity index (χ4v) is 3.44. The molecule has 1 aliphatic heterocycles. The zero-order valence-corrected chi connectivity index (χ0v) is 13.5. The average molecular weight is 356 g/mol. The minimum Gasteiger partial charge on any atom is -0.360 e. The molecule has 1 aromatic carbocycles. The molecule has 0 aromatic heterocycles. The minimum absolute atomic E-state index is 0.112. The summed E-state index contributed by atoms with van der Waals surface area (Å²) < 4.78 is 37.1. The van der Waals surface area contributed by atoms with Gasteiger partial charge in [0.15, 0.2) is 0 Å². The maximum atomic E-state index is 12.5. The van der Waals surface area contributed by atoms with Crippen molar-refractivity contribution in [2.24, 2.45) is 0 Å². The predicted octanol–water partition coefficient (Wildman–Crippen LogP) is 2.67. The van der Waals surface area contributed by atoms with Crippen LogP contribution in [-0.2, 0) is 20.8 Å². The third-order valence-electron chi connectivity index (χ3n) is 4.62. The fourth-order valence-electron chi connectivity index (χ4n) is 3.44. The van der Waals surface area contributed by atoms with Crippen molar-refractivity contribution < 1.29 is 27.6 Å². The highest BCUT2D eigenvalue weighted by atomic mass is 19.4. The molecule has 0 spiro atoms. The molecule has 1 aliphatic carbocycles. The quantitative estimate of drug-likeness (QED) is 0.905. The van der Waals surface area contributed by atoms with E-state index in [0.29, 0.717) is 12.8 Å². The monoisotopic (exact) mass is 356 g/mol. The normalized spacial score (nSPS) is 23.8. The zero-order valence-electron chi connectivity index (χ0n) is 13.5. The molecule has 1 aromatic rings. The van der Waals surface area contributed by atoms with Crippen molar-refractivity contribution in [3.63, 3.8) is 0 Å². The summed E-state index contributed by atoms with van der Waals surface area (Å²) in [7, 11) is 0. The van der Waals surface area contributed by atoms with Crippen LogP contribution in [0.5, 0.6) is 0 Å². The van der Waals surface area contributed by atoms with Crippen LogP contribution >= 0.6 is 0 Å². The van der Waals surface area contributed by atoms with E-state index >= 15 is 0 Å². The molecule has 2 atom stereocenters. The van der Waals surface area contributed by atoms with Gasteiger partial charge in [-0.15, -0.1) is 5.06 Å². The molecule has 0 radical (unpaired) electrons. The van der Waals surface area contributed by atoms with Gasteiger partial charge in [0, 0.05) is 6.54 Å². The number of nitrogens with one attached hydrogen (secondary N) is 1. The third-order valence-corrected chi connectivity index (χ3v) is 4.62. The van der Waals surface area contributed by atoms with Gasteiger partial charge in [0.2, 0.25) is 5.91 Å². The number of hydroxylamine groups is 2. The first-order valence-electron chi connectivity index (χ1n) is 8.30. The van der Waals surface area contributed by atoms with E-state index in [1.807, 2.05) is 24.3 Å². The molecule has 0 saturated carbocycles. The summed E-state index contributed by atoms with van der Waals surface area (Å²) >= 11 is 0. The van der Waals surface area contributed by atoms with E-state index in [4.69, 9.17) is 0 Å². The molecule has 5 nitrogen and oxygen atoms in total. The molecule has 3 rings (SSSR count). The Morgan fingerprint density at radius 3 is 2.68 bits per heavy atom. The smallest absolute Gasteiger partial charge is 0.360 e. The largest absolute Gasteiger partial charge is 0.492 e. The summed E-state index contributed by atoms with van der Waals surface area (Å²) in [5.41, 5.74) is 2.21. The highest BCUT2D eigenvalue weighted by Crippen LogP contribution is 2.30. The van der Waals surface area contributed by atoms with Gasteiger partial charge in [-0.1, -0.05) is 24.3 Å². The number of amides is 1. The van der Waals surface area contributed by atoms with Crippen molar-refractivity contribution in [1.82, 2.24) is 10.4 Å². The Bertz CT molecular complexity index is 663. The van der Waals surface area contributed by atoms with Crippen LogP contribution in [0.4, 0.5) is 13.2 Å². The lowest BCUT2D eigenvalue weighted by atomic mass is 9.87. The summed E-state index contributed by atoms with van der Waals surface area (Å²) in [5, 5.41) is 3.75. The van der Waals surface area contributed by atoms with E-state index < -0.39 is 24.1 Å². The topological polar surface area (TPSA) is 58.6 Å². The lowest BCUT2D eigenvalue weighted by molar-refractivity contribution is -0.240. The minimum atomic E-state index is -5.08. The molecule has 2 aliphatic rings. The van der Waals surface area contributed by atoms with Gasteiger partial charge in [-0.05, 0) is 43.2 Å². The van der Waals surface area contributed by atoms with Crippen LogP contribution in [0.25, 0.3) is 0 Å². The first-order chi connectivity index (χ1) is 11.9. The lowest BCUT2D eigenvalue weighted by Gasteiger charge is -2.29. The molecule has 1 amide bonds. The molecule has 1 heterocycles. The lowest BCUT2D eigenvalue weighted by Crippen LogP contribution is -2.47. The zero-order chi connectivity index (χ0) is 18.0. The third kappa shape index (κ3) is 3.95. The van der Waals surface area contributed by atoms with E-state index in [2.05, 4.69) is 10.2 Å². The van der Waals surface area contributed by atoms with Crippen LogP contribution in [0.1, 0.15) is 42.9 Å². The second-order valence-corrected chi connectivity index (χ2v) is 6.33. The Labute approximate surface area is 143 Å². The molecule has 0 unspecified atom stereocenters. The number of halogens is 3. The first kappa shape index (κ1) is 17.7. The van der Waals surface area contributed by atoms with E-state index in [-0.39, 0.29) is 12.6 Å². The fraction of sp³-hybridized carbons (Fsp3) is 0.529. The van der Waals surface area contributed by atoms with Gasteiger partial charge in [-0.3, -0.25) is 4.79 Å². The summed E-state index contributed by atoms with van der Waals surface area (Å²) in [5.74, 6) is -2.70. The molecule has 1 N–H and O–H groups in total. The Hall–Kier alpha value is -2.09. The number of carbonyl (C=O) groups excluding carboxylic acids is 2. The summed E-state index contributed by atoms with van der Waals surface area (Å²) in [4.78, 5) is 27.9. The number of aryl methyl sites for hydroxylation is 1. The summed E-state index contributed by atoms with van der Waals surface area (Å²) in [6.45, 7) is 0.112. The number of nitrogens with zero attached hydrogens (tertiary/aromatic N) is 1. The first-order valence-corrected chi connectivity index (χ1v) is 8.30. The summed E-state index contributed by atoms with van der Waals surface area (Å²) in [6, 6.07) is 6.75. The molecule has 8 heteroatoms. The van der Waals surface area contributed by atoms with Crippen molar-refractivity contribution in [3.8, 4) is 0 Å². The van der Waals surface area contributed by atoms with Gasteiger partial charge in [0.1, 0.15) is 6.04 Å². The molecular weight excluding hydrogens is 337 g/mol. The van der Waals surface area contributed by atoms with Crippen LogP contribution in [-0.4, -0.2) is 35.7 Å². The SMILES string of the molecule is O=C(N[C@@H]1CCCc2ccccc21)[C@@H]1CCCN1OC(=O)C(F)(F)F. The maximum absolute atomic E-state index is 12.5. The Balaban J connectivity index is 1.66. The van der Waals surface area contributed by atoms with Crippen LogP contribution in [0.3, 0.4) is 0 Å². The van der Waals surface area contributed by atoms with E-state index in [1.165, 1.54) is 5.56 Å². The van der Waals surface area contributed by atoms with Gasteiger partial charge in [0.05, 0.1) is 6.04 Å². The van der Waals surface area contributed by atoms with Crippen molar-refractivity contribution in [3.05, 3.63) is 35.4 Å². The standard InChI is InChI=1S/C17H19F3N2O3/c18-17(19,20)16(24)25-22-10-4-9-14(22)15(23)21-13-8-3-6-11-5-1-2-7-12(11)13/h1-2,5,7,13-14H,3-4,6,8-10H2,(H,21,23)/t13-,14+/m1/s1. The van der Waals surface area contributed by atoms with Gasteiger partial charge < -0.3 is 10.2 Å². The Morgan fingerprint density at radius 1 is 1.16 bits per heavy atom. The van der Waals surface area contributed by atoms with Crippen molar-refractivity contribution in [1.29, 1.82) is 0 Å². The number of rotatable bonds is 3. The van der Waals surface area contributed by atoms with Crippen molar-refractivity contribution >= 4 is 11.9 Å². The van der Waals surface area contributed by atoms with Crippen LogP contribution in [0.15, 0.2) is 24.3 Å². The second kappa shape index (κ2) is 7.03. The molecule has 1 saturated heterocycles. The van der Waals surface area contributed by atoms with Crippen LogP contribution in [0.2, 0.25) is 0 Å². The number of fused-ring (bicyclic) bond motifs is 1. The van der Waals surface area contributed by atoms with Gasteiger partial charge in [0.25, 0.3) is 0 Å². The second-order valence-electron chi connectivity index (χ2n) is 6.33. The molecular formula is C17H19F3N2O3.